The molecular weight excluding hydrogens is 204 g/mol. The normalized spacial score (nSPS) is 16.9. The predicted molar refractivity (Wildman–Crippen MR) is 60.6 cm³/mol. The maximum atomic E-state index is 4.44. The molecule has 1 fully saturated rings. The summed E-state index contributed by atoms with van der Waals surface area (Å²) in [7, 11) is 0. The second-order valence-corrected chi connectivity index (χ2v) is 4.02. The van der Waals surface area contributed by atoms with Crippen LogP contribution in [0.2, 0.25) is 0 Å². The Hall–Kier alpha value is -1.69. The van der Waals surface area contributed by atoms with Crippen LogP contribution in [-0.4, -0.2) is 45.8 Å². The molecule has 0 spiro atoms. The van der Waals surface area contributed by atoms with Crippen LogP contribution in [0.1, 0.15) is 5.56 Å². The first-order valence-corrected chi connectivity index (χ1v) is 5.47. The number of rotatable bonds is 1. The molecule has 0 saturated carbocycles. The molecule has 84 valence electrons. The maximum absolute atomic E-state index is 4.44. The van der Waals surface area contributed by atoms with Gasteiger partial charge in [0.15, 0.2) is 0 Å². The fourth-order valence-electron chi connectivity index (χ4n) is 1.86. The third-order valence-electron chi connectivity index (χ3n) is 2.71. The summed E-state index contributed by atoms with van der Waals surface area (Å²) < 4.78 is 1.74. The summed E-state index contributed by atoms with van der Waals surface area (Å²) in [5, 5.41) is 7.75. The smallest absolute Gasteiger partial charge is 0.253 e. The van der Waals surface area contributed by atoms with Crippen molar-refractivity contribution in [1.82, 2.24) is 24.9 Å². The van der Waals surface area contributed by atoms with Gasteiger partial charge in [-0.25, -0.2) is 9.50 Å². The third kappa shape index (κ3) is 1.61. The number of hydrogen-bond acceptors (Lipinski definition) is 5. The highest BCUT2D eigenvalue weighted by Gasteiger charge is 2.15. The van der Waals surface area contributed by atoms with Gasteiger partial charge in [-0.05, 0) is 12.5 Å². The average molecular weight is 218 g/mol. The lowest BCUT2D eigenvalue weighted by atomic mass is 10.4. The van der Waals surface area contributed by atoms with Gasteiger partial charge in [0.05, 0.1) is 0 Å². The van der Waals surface area contributed by atoms with Crippen LogP contribution < -0.4 is 10.2 Å². The minimum atomic E-state index is 0.666. The lowest BCUT2D eigenvalue weighted by molar-refractivity contribution is 0.580. The van der Waals surface area contributed by atoms with Gasteiger partial charge in [0, 0.05) is 38.6 Å². The van der Waals surface area contributed by atoms with Crippen molar-refractivity contribution in [3.63, 3.8) is 0 Å². The van der Waals surface area contributed by atoms with Crippen molar-refractivity contribution in [2.24, 2.45) is 0 Å². The molecular formula is C10H14N6. The lowest BCUT2D eigenvalue weighted by Gasteiger charge is -2.25. The first-order chi connectivity index (χ1) is 7.83. The summed E-state index contributed by atoms with van der Waals surface area (Å²) in [5.74, 6) is 1.44. The lowest BCUT2D eigenvalue weighted by Crippen LogP contribution is -2.44. The summed E-state index contributed by atoms with van der Waals surface area (Å²) in [6.45, 7) is 5.88. The molecule has 0 atom stereocenters. The molecule has 0 radical (unpaired) electrons. The molecule has 0 unspecified atom stereocenters. The maximum Gasteiger partial charge on any atom is 0.253 e. The molecule has 1 saturated heterocycles. The summed E-state index contributed by atoms with van der Waals surface area (Å²) in [4.78, 5) is 10.8. The largest absolute Gasteiger partial charge is 0.337 e. The predicted octanol–water partition coefficient (Wildman–Crippen LogP) is -0.158. The highest BCUT2D eigenvalue weighted by molar-refractivity contribution is 5.39. The topological polar surface area (TPSA) is 58.4 Å². The Morgan fingerprint density at radius 3 is 2.94 bits per heavy atom. The monoisotopic (exact) mass is 218 g/mol. The van der Waals surface area contributed by atoms with Crippen molar-refractivity contribution < 1.29 is 0 Å². The zero-order valence-electron chi connectivity index (χ0n) is 9.22. The van der Waals surface area contributed by atoms with E-state index >= 15 is 0 Å². The van der Waals surface area contributed by atoms with Gasteiger partial charge in [-0.2, -0.15) is 4.98 Å². The number of aromatic nitrogens is 4. The summed E-state index contributed by atoms with van der Waals surface area (Å²) in [6, 6.07) is 0. The summed E-state index contributed by atoms with van der Waals surface area (Å²) in [6.07, 6.45) is 3.76. The average Bonchev–Trinajstić information content (AvgIpc) is 2.73. The van der Waals surface area contributed by atoms with E-state index in [1.165, 1.54) is 0 Å². The van der Waals surface area contributed by atoms with Crippen molar-refractivity contribution in [2.45, 2.75) is 6.92 Å². The van der Waals surface area contributed by atoms with Gasteiger partial charge in [-0.1, -0.05) is 0 Å². The highest BCUT2D eigenvalue weighted by atomic mass is 15.4. The minimum Gasteiger partial charge on any atom is -0.337 e. The van der Waals surface area contributed by atoms with Crippen LogP contribution in [0.15, 0.2) is 12.4 Å². The van der Waals surface area contributed by atoms with E-state index in [-0.39, 0.29) is 0 Å². The van der Waals surface area contributed by atoms with Gasteiger partial charge >= 0.3 is 0 Å². The quantitative estimate of drug-likeness (QED) is 0.721. The van der Waals surface area contributed by atoms with Crippen molar-refractivity contribution >= 4 is 11.7 Å². The van der Waals surface area contributed by atoms with E-state index in [0.29, 0.717) is 5.78 Å². The van der Waals surface area contributed by atoms with Gasteiger partial charge in [0.25, 0.3) is 5.78 Å². The van der Waals surface area contributed by atoms with Gasteiger partial charge in [-0.15, -0.1) is 5.10 Å². The van der Waals surface area contributed by atoms with Gasteiger partial charge in [0.2, 0.25) is 5.95 Å². The molecule has 1 aliphatic heterocycles. The molecule has 2 aromatic rings. The second kappa shape index (κ2) is 3.71. The fraction of sp³-hybridized carbons (Fsp3) is 0.500. The van der Waals surface area contributed by atoms with Crippen molar-refractivity contribution in [2.75, 3.05) is 31.1 Å². The number of hydrogen-bond donors (Lipinski definition) is 1. The van der Waals surface area contributed by atoms with Crippen molar-refractivity contribution in [1.29, 1.82) is 0 Å². The molecule has 16 heavy (non-hydrogen) atoms. The molecule has 6 heteroatoms. The SMILES string of the molecule is Cc1cnc2nc(N3CCNCC3)nn2c1. The van der Waals surface area contributed by atoms with E-state index in [9.17, 15) is 0 Å². The standard InChI is InChI=1S/C10H14N6/c1-8-6-12-9-13-10(14-16(9)7-8)15-4-2-11-3-5-15/h6-7,11H,2-5H2,1H3. The number of nitrogens with zero attached hydrogens (tertiary/aromatic N) is 5. The number of nitrogens with one attached hydrogen (secondary N) is 1. The number of aryl methyl sites for hydroxylation is 1. The highest BCUT2D eigenvalue weighted by Crippen LogP contribution is 2.10. The van der Waals surface area contributed by atoms with Crippen LogP contribution in [-0.2, 0) is 0 Å². The first-order valence-electron chi connectivity index (χ1n) is 5.47. The summed E-state index contributed by atoms with van der Waals surface area (Å²) in [5.41, 5.74) is 1.09. The van der Waals surface area contributed by atoms with Gasteiger partial charge in [0.1, 0.15) is 0 Å². The van der Waals surface area contributed by atoms with Crippen LogP contribution in [0.3, 0.4) is 0 Å². The van der Waals surface area contributed by atoms with E-state index in [1.807, 2.05) is 19.3 Å². The Bertz CT molecular complexity index is 499. The molecule has 1 N–H and O–H groups in total. The minimum absolute atomic E-state index is 0.666. The van der Waals surface area contributed by atoms with Crippen LogP contribution in [0, 0.1) is 6.92 Å². The van der Waals surface area contributed by atoms with Crippen molar-refractivity contribution in [3.8, 4) is 0 Å². The number of fused-ring (bicyclic) bond motifs is 1. The van der Waals surface area contributed by atoms with Crippen molar-refractivity contribution in [3.05, 3.63) is 18.0 Å². The van der Waals surface area contributed by atoms with Crippen LogP contribution >= 0.6 is 0 Å². The van der Waals surface area contributed by atoms with E-state index in [4.69, 9.17) is 0 Å². The first kappa shape index (κ1) is 9.53. The molecule has 0 amide bonds. The Morgan fingerprint density at radius 2 is 2.12 bits per heavy atom. The number of anilines is 1. The second-order valence-electron chi connectivity index (χ2n) is 4.02. The van der Waals surface area contributed by atoms with E-state index in [1.54, 1.807) is 4.52 Å². The van der Waals surface area contributed by atoms with E-state index in [0.717, 1.165) is 37.7 Å². The Labute approximate surface area is 93.3 Å². The summed E-state index contributed by atoms with van der Waals surface area (Å²) >= 11 is 0. The third-order valence-corrected chi connectivity index (χ3v) is 2.71. The molecule has 1 aliphatic rings. The molecule has 6 nitrogen and oxygen atoms in total. The fourth-order valence-corrected chi connectivity index (χ4v) is 1.86. The molecule has 3 heterocycles. The Morgan fingerprint density at radius 1 is 1.31 bits per heavy atom. The zero-order valence-corrected chi connectivity index (χ0v) is 9.22. The van der Waals surface area contributed by atoms with E-state index < -0.39 is 0 Å². The Balaban J connectivity index is 1.97. The zero-order chi connectivity index (χ0) is 11.0. The van der Waals surface area contributed by atoms with Gasteiger partial charge < -0.3 is 10.2 Å². The molecule has 0 aromatic carbocycles. The molecule has 3 rings (SSSR count). The molecule has 2 aromatic heterocycles. The molecule has 0 bridgehead atoms. The number of piperazine rings is 1. The van der Waals surface area contributed by atoms with Crippen LogP contribution in [0.4, 0.5) is 5.95 Å². The van der Waals surface area contributed by atoms with Crippen LogP contribution in [0.25, 0.3) is 5.78 Å². The Kier molecular flexibility index (Phi) is 2.21. The van der Waals surface area contributed by atoms with Gasteiger partial charge in [-0.3, -0.25) is 0 Å². The molecule has 0 aliphatic carbocycles. The van der Waals surface area contributed by atoms with Crippen LogP contribution in [0.5, 0.6) is 0 Å². The van der Waals surface area contributed by atoms with E-state index in [2.05, 4.69) is 25.3 Å².